The minimum atomic E-state index is 0.162. The van der Waals surface area contributed by atoms with Crippen molar-refractivity contribution in [3.05, 3.63) is 0 Å². The Bertz CT molecular complexity index is 40.7. The maximum absolute atomic E-state index is 8.38. The van der Waals surface area contributed by atoms with E-state index in [-0.39, 0.29) is 11.9 Å². The number of rotatable bonds is 3. The first-order valence-corrected chi connectivity index (χ1v) is 4.00. The van der Waals surface area contributed by atoms with Crippen molar-refractivity contribution in [1.29, 1.82) is 0 Å². The monoisotopic (exact) mass is 138 g/mol. The molecule has 0 aromatic rings. The number of aliphatic hydroxyl groups excluding tert-OH is 1. The van der Waals surface area contributed by atoms with E-state index in [1.54, 1.807) is 11.8 Å². The topological polar surface area (TPSA) is 20.2 Å². The Morgan fingerprint density at radius 3 is 2.57 bits per heavy atom. The summed E-state index contributed by atoms with van der Waals surface area (Å²) >= 11 is 5.74. The van der Waals surface area contributed by atoms with Gasteiger partial charge in [-0.25, -0.2) is 0 Å². The van der Waals surface area contributed by atoms with Crippen LogP contribution in [-0.2, 0) is 0 Å². The van der Waals surface area contributed by atoms with Gasteiger partial charge in [0.05, 0.1) is 6.61 Å². The molecular weight excluding hydrogens is 128 g/mol. The zero-order chi connectivity index (χ0) is 5.70. The molecule has 1 N–H and O–H groups in total. The fourth-order valence-electron chi connectivity index (χ4n) is 0.245. The van der Waals surface area contributed by atoms with E-state index < -0.39 is 0 Å². The number of aliphatic hydroxyl groups is 1. The van der Waals surface area contributed by atoms with Crippen LogP contribution in [0.3, 0.4) is 0 Å². The van der Waals surface area contributed by atoms with Crippen LogP contribution in [0.5, 0.6) is 0 Å². The van der Waals surface area contributed by atoms with Gasteiger partial charge in [-0.2, -0.15) is 24.4 Å². The highest BCUT2D eigenvalue weighted by atomic mass is 32.2. The van der Waals surface area contributed by atoms with Crippen LogP contribution in [0, 0.1) is 0 Å². The Kier molecular flexibility index (Phi) is 5.26. The molecule has 0 fully saturated rings. The number of hydrogen-bond donors (Lipinski definition) is 2. The summed E-state index contributed by atoms with van der Waals surface area (Å²) in [6.07, 6.45) is 2.00. The van der Waals surface area contributed by atoms with E-state index in [0.717, 1.165) is 5.75 Å². The highest BCUT2D eigenvalue weighted by molar-refractivity contribution is 7.99. The molecule has 0 rings (SSSR count). The van der Waals surface area contributed by atoms with E-state index in [9.17, 15) is 0 Å². The smallest absolute Gasteiger partial charge is 0.0555 e. The highest BCUT2D eigenvalue weighted by Gasteiger charge is 1.95. The molecule has 44 valence electrons. The summed E-state index contributed by atoms with van der Waals surface area (Å²) in [6.45, 7) is 0.184. The summed E-state index contributed by atoms with van der Waals surface area (Å²) < 4.78 is 0. The second-order valence-electron chi connectivity index (χ2n) is 1.29. The van der Waals surface area contributed by atoms with Crippen molar-refractivity contribution in [3.63, 3.8) is 0 Å². The van der Waals surface area contributed by atoms with Crippen molar-refractivity contribution in [1.82, 2.24) is 0 Å². The standard InChI is InChI=1S/C4H10OS2/c1-7-3-4(6)2-5/h4-6H,2-3H2,1H3. The van der Waals surface area contributed by atoms with E-state index in [4.69, 9.17) is 5.11 Å². The molecule has 0 aromatic carbocycles. The molecule has 0 bridgehead atoms. The Morgan fingerprint density at radius 1 is 1.86 bits per heavy atom. The minimum absolute atomic E-state index is 0.162. The fourth-order valence-corrected chi connectivity index (χ4v) is 1.18. The molecule has 0 saturated heterocycles. The molecule has 0 aromatic heterocycles. The van der Waals surface area contributed by atoms with Gasteiger partial charge in [-0.15, -0.1) is 0 Å². The van der Waals surface area contributed by atoms with Gasteiger partial charge in [-0.05, 0) is 6.26 Å². The SMILES string of the molecule is CSCC(S)CO. The Morgan fingerprint density at radius 2 is 2.43 bits per heavy atom. The predicted octanol–water partition coefficient (Wildman–Crippen LogP) is 0.640. The Labute approximate surface area is 53.9 Å². The summed E-state index contributed by atoms with van der Waals surface area (Å²) in [5.74, 6) is 0.930. The molecule has 1 nitrogen and oxygen atoms in total. The average molecular weight is 138 g/mol. The van der Waals surface area contributed by atoms with Crippen LogP contribution in [0.4, 0.5) is 0 Å². The quantitative estimate of drug-likeness (QED) is 0.558. The Balaban J connectivity index is 2.83. The van der Waals surface area contributed by atoms with Crippen LogP contribution < -0.4 is 0 Å². The molecule has 3 heteroatoms. The summed E-state index contributed by atoms with van der Waals surface area (Å²) in [5.41, 5.74) is 0. The largest absolute Gasteiger partial charge is 0.395 e. The molecule has 0 heterocycles. The first-order chi connectivity index (χ1) is 3.31. The van der Waals surface area contributed by atoms with E-state index in [1.807, 2.05) is 6.26 Å². The van der Waals surface area contributed by atoms with Crippen molar-refractivity contribution in [2.24, 2.45) is 0 Å². The van der Waals surface area contributed by atoms with Gasteiger partial charge in [0.15, 0.2) is 0 Å². The van der Waals surface area contributed by atoms with E-state index in [1.165, 1.54) is 0 Å². The molecule has 0 amide bonds. The lowest BCUT2D eigenvalue weighted by atomic mass is 10.5. The lowest BCUT2D eigenvalue weighted by Crippen LogP contribution is -2.06. The predicted molar refractivity (Wildman–Crippen MR) is 38.2 cm³/mol. The zero-order valence-corrected chi connectivity index (χ0v) is 6.01. The maximum atomic E-state index is 8.38. The maximum Gasteiger partial charge on any atom is 0.0555 e. The molecule has 0 aliphatic heterocycles. The van der Waals surface area contributed by atoms with Gasteiger partial charge in [0.1, 0.15) is 0 Å². The van der Waals surface area contributed by atoms with Gasteiger partial charge in [0.2, 0.25) is 0 Å². The van der Waals surface area contributed by atoms with Crippen molar-refractivity contribution in [2.45, 2.75) is 5.25 Å². The molecule has 1 atom stereocenters. The Hall–Kier alpha value is 0.660. The highest BCUT2D eigenvalue weighted by Crippen LogP contribution is 2.01. The molecule has 1 unspecified atom stereocenters. The minimum Gasteiger partial charge on any atom is -0.395 e. The summed E-state index contributed by atoms with van der Waals surface area (Å²) in [4.78, 5) is 0. The second kappa shape index (κ2) is 4.81. The number of thioether (sulfide) groups is 1. The first kappa shape index (κ1) is 7.66. The van der Waals surface area contributed by atoms with Crippen LogP contribution in [-0.4, -0.2) is 29.0 Å². The zero-order valence-electron chi connectivity index (χ0n) is 4.29. The van der Waals surface area contributed by atoms with Crippen LogP contribution in [0.2, 0.25) is 0 Å². The van der Waals surface area contributed by atoms with Crippen molar-refractivity contribution >= 4 is 24.4 Å². The normalized spacial score (nSPS) is 14.1. The molecular formula is C4H10OS2. The summed E-state index contributed by atoms with van der Waals surface area (Å²) in [6, 6.07) is 0. The van der Waals surface area contributed by atoms with Gasteiger partial charge in [0.25, 0.3) is 0 Å². The van der Waals surface area contributed by atoms with Gasteiger partial charge < -0.3 is 5.11 Å². The summed E-state index contributed by atoms with van der Waals surface area (Å²) in [7, 11) is 0. The second-order valence-corrected chi connectivity index (χ2v) is 2.93. The van der Waals surface area contributed by atoms with Gasteiger partial charge >= 0.3 is 0 Å². The third-order valence-electron chi connectivity index (χ3n) is 0.570. The molecule has 0 aliphatic rings. The molecule has 0 saturated carbocycles. The van der Waals surface area contributed by atoms with Crippen molar-refractivity contribution in [2.75, 3.05) is 18.6 Å². The van der Waals surface area contributed by atoms with Crippen LogP contribution in [0.15, 0.2) is 0 Å². The molecule has 7 heavy (non-hydrogen) atoms. The summed E-state index contributed by atoms with van der Waals surface area (Å²) in [5, 5.41) is 8.54. The molecule has 0 radical (unpaired) electrons. The average Bonchev–Trinajstić information content (AvgIpc) is 1.68. The number of thiol groups is 1. The van der Waals surface area contributed by atoms with Crippen LogP contribution in [0.25, 0.3) is 0 Å². The van der Waals surface area contributed by atoms with Gasteiger partial charge in [0, 0.05) is 11.0 Å². The van der Waals surface area contributed by atoms with Gasteiger partial charge in [-0.3, -0.25) is 0 Å². The fraction of sp³-hybridized carbons (Fsp3) is 1.00. The lowest BCUT2D eigenvalue weighted by Gasteiger charge is -2.00. The molecule has 0 spiro atoms. The number of hydrogen-bond acceptors (Lipinski definition) is 3. The van der Waals surface area contributed by atoms with Crippen LogP contribution >= 0.6 is 24.4 Å². The van der Waals surface area contributed by atoms with E-state index in [2.05, 4.69) is 12.6 Å². The van der Waals surface area contributed by atoms with Gasteiger partial charge in [-0.1, -0.05) is 0 Å². The molecule has 0 aliphatic carbocycles. The van der Waals surface area contributed by atoms with Crippen LogP contribution in [0.1, 0.15) is 0 Å². The van der Waals surface area contributed by atoms with Crippen molar-refractivity contribution in [3.8, 4) is 0 Å². The van der Waals surface area contributed by atoms with E-state index in [0.29, 0.717) is 0 Å². The van der Waals surface area contributed by atoms with Crippen molar-refractivity contribution < 1.29 is 5.11 Å². The first-order valence-electron chi connectivity index (χ1n) is 2.09. The third-order valence-corrected chi connectivity index (χ3v) is 1.90. The van der Waals surface area contributed by atoms with E-state index >= 15 is 0 Å². The third kappa shape index (κ3) is 4.51. The lowest BCUT2D eigenvalue weighted by molar-refractivity contribution is 0.302.